The smallest absolute Gasteiger partial charge is 0.410 e. The van der Waals surface area contributed by atoms with Gasteiger partial charge in [-0.3, -0.25) is 5.32 Å². The number of carbonyl (C=O) groups excluding carboxylic acids is 1. The Hall–Kier alpha value is -2.14. The molecule has 0 saturated carbocycles. The second kappa shape index (κ2) is 6.23. The Morgan fingerprint density at radius 2 is 2.08 bits per heavy atom. The molecule has 2 aromatic rings. The zero-order valence-electron chi connectivity index (χ0n) is 15.6. The summed E-state index contributed by atoms with van der Waals surface area (Å²) in [5, 5.41) is 3.31. The van der Waals surface area contributed by atoms with E-state index in [1.807, 2.05) is 55.9 Å². The molecule has 136 valence electrons. The van der Waals surface area contributed by atoms with Crippen molar-refractivity contribution in [1.29, 1.82) is 0 Å². The van der Waals surface area contributed by atoms with Gasteiger partial charge in [-0.25, -0.2) is 4.79 Å². The predicted molar refractivity (Wildman–Crippen MR) is 109 cm³/mol. The van der Waals surface area contributed by atoms with Crippen molar-refractivity contribution in [2.24, 2.45) is 0 Å². The molecular formula is C21H24N2O2S. The van der Waals surface area contributed by atoms with E-state index in [0.29, 0.717) is 11.1 Å². The Bertz CT molecular complexity index is 882. The molecule has 1 amide bonds. The number of likely N-dealkylation sites (N-methyl/N-ethyl adjacent to an activating group) is 1. The van der Waals surface area contributed by atoms with E-state index in [1.165, 1.54) is 22.6 Å². The van der Waals surface area contributed by atoms with Crippen LogP contribution in [0.15, 0.2) is 36.4 Å². The van der Waals surface area contributed by atoms with Gasteiger partial charge in [0.15, 0.2) is 0 Å². The van der Waals surface area contributed by atoms with E-state index in [0.717, 1.165) is 17.7 Å². The van der Waals surface area contributed by atoms with Gasteiger partial charge < -0.3 is 9.64 Å². The summed E-state index contributed by atoms with van der Waals surface area (Å²) in [6.45, 7) is 6.33. The molecular weight excluding hydrogens is 344 g/mol. The third kappa shape index (κ3) is 2.75. The molecule has 2 aromatic carbocycles. The molecule has 1 fully saturated rings. The number of thioether (sulfide) groups is 1. The molecule has 0 aliphatic carbocycles. The monoisotopic (exact) mass is 368 g/mol. The summed E-state index contributed by atoms with van der Waals surface area (Å²) in [4.78, 5) is 14.7. The predicted octanol–water partition coefficient (Wildman–Crippen LogP) is 5.08. The summed E-state index contributed by atoms with van der Waals surface area (Å²) >= 11 is 2.01. The number of ether oxygens (including phenoxy) is 1. The van der Waals surface area contributed by atoms with Crippen molar-refractivity contribution in [3.8, 4) is 5.75 Å². The Balaban J connectivity index is 1.54. The number of amides is 1. The number of anilines is 2. The highest BCUT2D eigenvalue weighted by atomic mass is 32.2. The van der Waals surface area contributed by atoms with E-state index in [1.54, 1.807) is 0 Å². The molecule has 0 aromatic heterocycles. The van der Waals surface area contributed by atoms with Gasteiger partial charge in [0.1, 0.15) is 5.75 Å². The zero-order valence-corrected chi connectivity index (χ0v) is 16.4. The summed E-state index contributed by atoms with van der Waals surface area (Å²) < 4.78 is 5.58. The lowest BCUT2D eigenvalue weighted by Gasteiger charge is -2.27. The van der Waals surface area contributed by atoms with Crippen molar-refractivity contribution in [1.82, 2.24) is 0 Å². The average molecular weight is 369 g/mol. The van der Waals surface area contributed by atoms with Gasteiger partial charge in [-0.2, -0.15) is 0 Å². The molecule has 4 rings (SSSR count). The number of benzene rings is 2. The third-order valence-corrected chi connectivity index (χ3v) is 7.18. The van der Waals surface area contributed by atoms with Crippen LogP contribution in [0.3, 0.4) is 0 Å². The fraction of sp³-hybridized carbons (Fsp3) is 0.381. The molecule has 2 atom stereocenters. The van der Waals surface area contributed by atoms with Crippen molar-refractivity contribution in [2.75, 3.05) is 23.0 Å². The van der Waals surface area contributed by atoms with Gasteiger partial charge in [0.2, 0.25) is 0 Å². The number of rotatable bonds is 2. The Morgan fingerprint density at radius 1 is 1.27 bits per heavy atom. The molecule has 2 aliphatic heterocycles. The minimum atomic E-state index is -0.453. The summed E-state index contributed by atoms with van der Waals surface area (Å²) in [5.74, 6) is 1.77. The van der Waals surface area contributed by atoms with Gasteiger partial charge >= 0.3 is 6.09 Å². The minimum absolute atomic E-state index is 0.123. The second-order valence-electron chi connectivity index (χ2n) is 7.51. The van der Waals surface area contributed by atoms with Gasteiger partial charge in [-0.15, -0.1) is 11.8 Å². The van der Waals surface area contributed by atoms with E-state index < -0.39 is 6.09 Å². The Kier molecular flexibility index (Phi) is 4.14. The van der Waals surface area contributed by atoms with Crippen molar-refractivity contribution in [3.05, 3.63) is 53.1 Å². The first kappa shape index (κ1) is 17.3. The van der Waals surface area contributed by atoms with E-state index in [4.69, 9.17) is 4.74 Å². The average Bonchev–Trinajstić information content (AvgIpc) is 3.07. The quantitative estimate of drug-likeness (QED) is 0.802. The van der Waals surface area contributed by atoms with Crippen LogP contribution >= 0.6 is 11.8 Å². The lowest BCUT2D eigenvalue weighted by Crippen LogP contribution is -2.34. The molecule has 0 radical (unpaired) electrons. The highest BCUT2D eigenvalue weighted by Crippen LogP contribution is 2.55. The van der Waals surface area contributed by atoms with Crippen LogP contribution in [0.4, 0.5) is 16.2 Å². The van der Waals surface area contributed by atoms with Crippen molar-refractivity contribution in [2.45, 2.75) is 38.0 Å². The molecule has 1 N–H and O–H groups in total. The maximum absolute atomic E-state index is 12.3. The largest absolute Gasteiger partial charge is 0.417 e. The molecule has 2 heterocycles. The first-order valence-electron chi connectivity index (χ1n) is 8.93. The Morgan fingerprint density at radius 3 is 2.85 bits per heavy atom. The SMILES string of the molecule is Cc1ccc(NC(=O)Oc2ccc3c(c2)C2(C)CCSC2N3C)c(C)c1. The lowest BCUT2D eigenvalue weighted by atomic mass is 9.82. The van der Waals surface area contributed by atoms with E-state index >= 15 is 0 Å². The molecule has 2 aliphatic rings. The summed E-state index contributed by atoms with van der Waals surface area (Å²) in [5.41, 5.74) is 5.62. The minimum Gasteiger partial charge on any atom is -0.410 e. The number of fused-ring (bicyclic) bond motifs is 3. The van der Waals surface area contributed by atoms with Crippen LogP contribution < -0.4 is 15.0 Å². The highest BCUT2D eigenvalue weighted by Gasteiger charge is 2.50. The van der Waals surface area contributed by atoms with Gasteiger partial charge in [-0.1, -0.05) is 24.6 Å². The van der Waals surface area contributed by atoms with Gasteiger partial charge in [-0.05, 0) is 61.4 Å². The number of hydrogen-bond acceptors (Lipinski definition) is 4. The molecule has 5 heteroatoms. The van der Waals surface area contributed by atoms with Crippen molar-refractivity contribution < 1.29 is 9.53 Å². The van der Waals surface area contributed by atoms with Crippen LogP contribution in [0.1, 0.15) is 30.0 Å². The molecule has 4 nitrogen and oxygen atoms in total. The normalized spacial score (nSPS) is 23.5. The van der Waals surface area contributed by atoms with Crippen LogP contribution in [-0.2, 0) is 5.41 Å². The summed E-state index contributed by atoms with van der Waals surface area (Å²) in [7, 11) is 2.15. The third-order valence-electron chi connectivity index (χ3n) is 5.59. The number of nitrogens with zero attached hydrogens (tertiary/aromatic N) is 1. The fourth-order valence-electron chi connectivity index (χ4n) is 4.16. The fourth-order valence-corrected chi connectivity index (χ4v) is 5.88. The molecule has 2 unspecified atom stereocenters. The topological polar surface area (TPSA) is 41.6 Å². The van der Waals surface area contributed by atoms with E-state index in [9.17, 15) is 4.79 Å². The van der Waals surface area contributed by atoms with Gasteiger partial charge in [0, 0.05) is 23.8 Å². The Labute approximate surface area is 158 Å². The maximum Gasteiger partial charge on any atom is 0.417 e. The van der Waals surface area contributed by atoms with Crippen molar-refractivity contribution >= 4 is 29.2 Å². The number of hydrogen-bond donors (Lipinski definition) is 1. The first-order chi connectivity index (χ1) is 12.4. The standard InChI is InChI=1S/C21H24N2O2S/c1-13-5-7-17(14(2)11-13)22-20(24)25-15-6-8-18-16(12-15)21(3)9-10-26-19(21)23(18)4/h5-8,11-12,19H,9-10H2,1-4H3,(H,22,24). The first-order valence-corrected chi connectivity index (χ1v) is 9.98. The van der Waals surface area contributed by atoms with E-state index in [-0.39, 0.29) is 5.41 Å². The van der Waals surface area contributed by atoms with Crippen LogP contribution in [0.2, 0.25) is 0 Å². The maximum atomic E-state index is 12.3. The highest BCUT2D eigenvalue weighted by molar-refractivity contribution is 8.00. The zero-order chi connectivity index (χ0) is 18.5. The summed E-state index contributed by atoms with van der Waals surface area (Å²) in [6, 6.07) is 11.9. The summed E-state index contributed by atoms with van der Waals surface area (Å²) in [6.07, 6.45) is 0.698. The van der Waals surface area contributed by atoms with Crippen LogP contribution in [0.25, 0.3) is 0 Å². The molecule has 0 spiro atoms. The number of carbonyl (C=O) groups is 1. The second-order valence-corrected chi connectivity index (χ2v) is 8.70. The number of nitrogens with one attached hydrogen (secondary N) is 1. The molecule has 0 bridgehead atoms. The lowest BCUT2D eigenvalue weighted by molar-refractivity contribution is 0.215. The van der Waals surface area contributed by atoms with E-state index in [2.05, 4.69) is 30.3 Å². The van der Waals surface area contributed by atoms with Crippen LogP contribution in [-0.4, -0.2) is 24.3 Å². The number of aryl methyl sites for hydroxylation is 2. The van der Waals surface area contributed by atoms with Crippen LogP contribution in [0, 0.1) is 13.8 Å². The van der Waals surface area contributed by atoms with Crippen molar-refractivity contribution in [3.63, 3.8) is 0 Å². The van der Waals surface area contributed by atoms with Gasteiger partial charge in [0.25, 0.3) is 0 Å². The molecule has 26 heavy (non-hydrogen) atoms. The van der Waals surface area contributed by atoms with Gasteiger partial charge in [0.05, 0.1) is 5.37 Å². The molecule has 1 saturated heterocycles. The van der Waals surface area contributed by atoms with Crippen LogP contribution in [0.5, 0.6) is 5.75 Å².